The first kappa shape index (κ1) is 20.1. The monoisotopic (exact) mass is 454 g/mol. The average Bonchev–Trinajstić information content (AvgIpc) is 3.33. The van der Waals surface area contributed by atoms with Crippen molar-refractivity contribution in [3.8, 4) is 11.3 Å². The fourth-order valence-corrected chi connectivity index (χ4v) is 5.44. The first-order valence-electron chi connectivity index (χ1n) is 11.0. The molecule has 2 aromatic heterocycles. The number of anilines is 1. The fourth-order valence-electron chi connectivity index (χ4n) is 4.32. The second-order valence-electron chi connectivity index (χ2n) is 8.09. The van der Waals surface area contributed by atoms with Crippen LogP contribution in [0, 0.1) is 0 Å². The van der Waals surface area contributed by atoms with Crippen molar-refractivity contribution in [1.29, 1.82) is 0 Å². The predicted octanol–water partition coefficient (Wildman–Crippen LogP) is 4.56. The summed E-state index contributed by atoms with van der Waals surface area (Å²) < 4.78 is 7.89. The van der Waals surface area contributed by atoms with Crippen LogP contribution < -0.4 is 10.5 Å². The number of aromatic nitrogens is 3. The maximum atomic E-state index is 13.5. The highest BCUT2D eigenvalue weighted by Crippen LogP contribution is 2.34. The third-order valence-electron chi connectivity index (χ3n) is 6.02. The Morgan fingerprint density at radius 2 is 1.67 bits per heavy atom. The van der Waals surface area contributed by atoms with Gasteiger partial charge in [-0.15, -0.1) is 0 Å². The smallest absolute Gasteiger partial charge is 0.294 e. The van der Waals surface area contributed by atoms with Crippen LogP contribution in [0.3, 0.4) is 0 Å². The third-order valence-corrected chi connectivity index (χ3v) is 7.14. The van der Waals surface area contributed by atoms with Crippen LogP contribution in [-0.2, 0) is 11.3 Å². The Balaban J connectivity index is 1.53. The van der Waals surface area contributed by atoms with Crippen molar-refractivity contribution in [3.63, 3.8) is 0 Å². The van der Waals surface area contributed by atoms with E-state index in [1.54, 1.807) is 16.0 Å². The Morgan fingerprint density at radius 1 is 0.909 bits per heavy atom. The van der Waals surface area contributed by atoms with Crippen molar-refractivity contribution in [3.05, 3.63) is 88.7 Å². The van der Waals surface area contributed by atoms with Gasteiger partial charge >= 0.3 is 0 Å². The average molecular weight is 455 g/mol. The lowest BCUT2D eigenvalue weighted by atomic mass is 10.0. The minimum atomic E-state index is -0.159. The molecule has 0 N–H and O–H groups in total. The van der Waals surface area contributed by atoms with E-state index in [1.807, 2.05) is 48.5 Å². The summed E-state index contributed by atoms with van der Waals surface area (Å²) in [7, 11) is 0. The molecular formula is C26H22N4O2S. The number of thiazole rings is 1. The van der Waals surface area contributed by atoms with Crippen molar-refractivity contribution in [1.82, 2.24) is 14.8 Å². The summed E-state index contributed by atoms with van der Waals surface area (Å²) in [5.74, 6) is 0. The van der Waals surface area contributed by atoms with Crippen molar-refractivity contribution >= 4 is 37.5 Å². The van der Waals surface area contributed by atoms with Crippen LogP contribution in [0.25, 0.3) is 32.2 Å². The van der Waals surface area contributed by atoms with Gasteiger partial charge in [0.15, 0.2) is 10.6 Å². The highest BCUT2D eigenvalue weighted by atomic mass is 32.1. The van der Waals surface area contributed by atoms with Gasteiger partial charge in [0, 0.05) is 18.7 Å². The number of morpholine rings is 1. The topological polar surface area (TPSA) is 60.3 Å². The molecule has 6 nitrogen and oxygen atoms in total. The Morgan fingerprint density at radius 3 is 2.52 bits per heavy atom. The Kier molecular flexibility index (Phi) is 5.13. The SMILES string of the molecule is O=c1c2nc(N3CCOCC3)sc2c(-c2ccccc2)nn1Cc1cccc2ccccc12. The van der Waals surface area contributed by atoms with Crippen LogP contribution in [0.2, 0.25) is 0 Å². The molecule has 0 atom stereocenters. The summed E-state index contributed by atoms with van der Waals surface area (Å²) in [6.45, 7) is 3.28. The van der Waals surface area contributed by atoms with Crippen molar-refractivity contribution < 1.29 is 4.74 Å². The number of ether oxygens (including phenoxy) is 1. The van der Waals surface area contributed by atoms with Gasteiger partial charge < -0.3 is 9.64 Å². The molecular weight excluding hydrogens is 432 g/mol. The van der Waals surface area contributed by atoms with Gasteiger partial charge in [-0.25, -0.2) is 9.67 Å². The van der Waals surface area contributed by atoms with E-state index in [2.05, 4.69) is 29.2 Å². The number of rotatable bonds is 4. The van der Waals surface area contributed by atoms with Gasteiger partial charge in [-0.2, -0.15) is 5.10 Å². The summed E-state index contributed by atoms with van der Waals surface area (Å²) in [6.07, 6.45) is 0. The predicted molar refractivity (Wildman–Crippen MR) is 133 cm³/mol. The first-order valence-corrected chi connectivity index (χ1v) is 11.9. The zero-order valence-corrected chi connectivity index (χ0v) is 18.8. The normalized spacial score (nSPS) is 14.2. The van der Waals surface area contributed by atoms with Gasteiger partial charge in [0.05, 0.1) is 24.5 Å². The zero-order chi connectivity index (χ0) is 22.2. The van der Waals surface area contributed by atoms with Gasteiger partial charge in [0.2, 0.25) is 0 Å². The van der Waals surface area contributed by atoms with E-state index < -0.39 is 0 Å². The lowest BCUT2D eigenvalue weighted by Gasteiger charge is -2.25. The standard InChI is InChI=1S/C26H22N4O2S/c31-25-23-24(33-26(27-23)29-13-15-32-16-14-29)22(19-8-2-1-3-9-19)28-30(25)17-20-11-6-10-18-7-4-5-12-21(18)20/h1-12H,13-17H2. The number of benzene rings is 3. The number of hydrogen-bond donors (Lipinski definition) is 0. The molecule has 3 heterocycles. The highest BCUT2D eigenvalue weighted by Gasteiger charge is 2.21. The molecule has 0 unspecified atom stereocenters. The molecule has 7 heteroatoms. The third kappa shape index (κ3) is 3.69. The van der Waals surface area contributed by atoms with Gasteiger partial charge in [-0.1, -0.05) is 84.1 Å². The van der Waals surface area contributed by atoms with Crippen LogP contribution in [0.1, 0.15) is 5.56 Å². The van der Waals surface area contributed by atoms with Crippen LogP contribution in [0.5, 0.6) is 0 Å². The molecule has 33 heavy (non-hydrogen) atoms. The molecule has 1 saturated heterocycles. The summed E-state index contributed by atoms with van der Waals surface area (Å²) in [5, 5.41) is 7.99. The molecule has 0 radical (unpaired) electrons. The van der Waals surface area contributed by atoms with E-state index in [-0.39, 0.29) is 5.56 Å². The molecule has 0 bridgehead atoms. The van der Waals surface area contributed by atoms with Crippen LogP contribution in [0.4, 0.5) is 5.13 Å². The molecule has 1 aliphatic heterocycles. The molecule has 0 amide bonds. The molecule has 0 spiro atoms. The van der Waals surface area contributed by atoms with E-state index in [4.69, 9.17) is 14.8 Å². The summed E-state index contributed by atoms with van der Waals surface area (Å²) in [5.41, 5.74) is 3.16. The Bertz CT molecular complexity index is 1500. The van der Waals surface area contributed by atoms with Crippen LogP contribution in [0.15, 0.2) is 77.6 Å². The maximum Gasteiger partial charge on any atom is 0.294 e. The van der Waals surface area contributed by atoms with Gasteiger partial charge in [0.25, 0.3) is 5.56 Å². The Labute approximate surface area is 194 Å². The van der Waals surface area contributed by atoms with Crippen LogP contribution in [-0.4, -0.2) is 41.1 Å². The molecule has 3 aromatic carbocycles. The van der Waals surface area contributed by atoms with Gasteiger partial charge in [0.1, 0.15) is 5.69 Å². The minimum Gasteiger partial charge on any atom is -0.378 e. The highest BCUT2D eigenvalue weighted by molar-refractivity contribution is 7.22. The van der Waals surface area contributed by atoms with E-state index in [1.165, 1.54) is 0 Å². The first-order chi connectivity index (χ1) is 16.3. The van der Waals surface area contributed by atoms with E-state index >= 15 is 0 Å². The second kappa shape index (κ2) is 8.42. The summed E-state index contributed by atoms with van der Waals surface area (Å²) in [6, 6.07) is 24.4. The molecule has 0 aliphatic carbocycles. The van der Waals surface area contributed by atoms with E-state index in [0.29, 0.717) is 25.3 Å². The molecule has 1 aliphatic rings. The lowest BCUT2D eigenvalue weighted by molar-refractivity contribution is 0.122. The van der Waals surface area contributed by atoms with Crippen molar-refractivity contribution in [2.24, 2.45) is 0 Å². The van der Waals surface area contributed by atoms with Crippen molar-refractivity contribution in [2.75, 3.05) is 31.2 Å². The molecule has 164 valence electrons. The maximum absolute atomic E-state index is 13.5. The van der Waals surface area contributed by atoms with E-state index in [0.717, 1.165) is 50.5 Å². The van der Waals surface area contributed by atoms with Crippen molar-refractivity contribution in [2.45, 2.75) is 6.54 Å². The molecule has 6 rings (SSSR count). The van der Waals surface area contributed by atoms with E-state index in [9.17, 15) is 4.79 Å². The minimum absolute atomic E-state index is 0.159. The summed E-state index contributed by atoms with van der Waals surface area (Å²) in [4.78, 5) is 20.5. The van der Waals surface area contributed by atoms with Crippen LogP contribution >= 0.6 is 11.3 Å². The number of nitrogens with zero attached hydrogens (tertiary/aromatic N) is 4. The molecule has 1 fully saturated rings. The number of fused-ring (bicyclic) bond motifs is 2. The van der Waals surface area contributed by atoms with Gasteiger partial charge in [-0.05, 0) is 16.3 Å². The largest absolute Gasteiger partial charge is 0.378 e. The molecule has 0 saturated carbocycles. The molecule has 5 aromatic rings. The summed E-state index contributed by atoms with van der Waals surface area (Å²) >= 11 is 1.54. The zero-order valence-electron chi connectivity index (χ0n) is 18.0. The number of hydrogen-bond acceptors (Lipinski definition) is 6. The fraction of sp³-hybridized carbons (Fsp3) is 0.192. The quantitative estimate of drug-likeness (QED) is 0.399. The lowest BCUT2D eigenvalue weighted by Crippen LogP contribution is -2.36. The second-order valence-corrected chi connectivity index (χ2v) is 9.07. The van der Waals surface area contributed by atoms with Gasteiger partial charge in [-0.3, -0.25) is 4.79 Å². The Hall–Kier alpha value is -3.55.